The fourth-order valence-electron chi connectivity index (χ4n) is 2.14. The monoisotopic (exact) mass is 219 g/mol. The second kappa shape index (κ2) is 4.88. The van der Waals surface area contributed by atoms with Crippen LogP contribution in [0.4, 0.5) is 0 Å². The molecule has 16 heavy (non-hydrogen) atoms. The van der Waals surface area contributed by atoms with E-state index < -0.39 is 0 Å². The lowest BCUT2D eigenvalue weighted by Gasteiger charge is -2.35. The molecule has 0 amide bonds. The average Bonchev–Trinajstić information content (AvgIpc) is 2.23. The van der Waals surface area contributed by atoms with Gasteiger partial charge in [0, 0.05) is 6.04 Å². The lowest BCUT2D eigenvalue weighted by Crippen LogP contribution is -2.45. The summed E-state index contributed by atoms with van der Waals surface area (Å²) < 4.78 is 6.03. The van der Waals surface area contributed by atoms with Gasteiger partial charge < -0.3 is 10.1 Å². The van der Waals surface area contributed by atoms with Crippen molar-refractivity contribution in [3.63, 3.8) is 0 Å². The molecule has 1 N–H and O–H groups in total. The number of benzene rings is 1. The van der Waals surface area contributed by atoms with Crippen LogP contribution in [0, 0.1) is 0 Å². The Morgan fingerprint density at radius 2 is 1.94 bits per heavy atom. The molecule has 1 aliphatic carbocycles. The van der Waals surface area contributed by atoms with Gasteiger partial charge in [-0.15, -0.1) is 0 Å². The van der Waals surface area contributed by atoms with Gasteiger partial charge in [-0.25, -0.2) is 0 Å². The summed E-state index contributed by atoms with van der Waals surface area (Å²) in [5.74, 6) is 1.59. The van der Waals surface area contributed by atoms with Crippen LogP contribution in [0.25, 0.3) is 0 Å². The van der Waals surface area contributed by atoms with Crippen LogP contribution in [0.1, 0.15) is 38.2 Å². The van der Waals surface area contributed by atoms with Crippen molar-refractivity contribution in [2.45, 2.75) is 44.8 Å². The number of nitrogens with one attached hydrogen (secondary N) is 1. The fraction of sp³-hybridized carbons (Fsp3) is 0.571. The molecule has 1 aliphatic rings. The predicted molar refractivity (Wildman–Crippen MR) is 67.0 cm³/mol. The first-order valence-corrected chi connectivity index (χ1v) is 6.13. The molecule has 0 unspecified atom stereocenters. The van der Waals surface area contributed by atoms with Crippen LogP contribution in [0.2, 0.25) is 0 Å². The Morgan fingerprint density at radius 1 is 1.25 bits per heavy atom. The van der Waals surface area contributed by atoms with Crippen molar-refractivity contribution in [2.75, 3.05) is 7.05 Å². The van der Waals surface area contributed by atoms with Gasteiger partial charge >= 0.3 is 0 Å². The molecular formula is C14H21NO. The molecule has 2 heteroatoms. The van der Waals surface area contributed by atoms with Gasteiger partial charge in [-0.05, 0) is 37.4 Å². The van der Waals surface area contributed by atoms with Crippen LogP contribution in [-0.2, 0) is 0 Å². The van der Waals surface area contributed by atoms with Crippen molar-refractivity contribution in [1.82, 2.24) is 5.32 Å². The largest absolute Gasteiger partial charge is 0.490 e. The van der Waals surface area contributed by atoms with Gasteiger partial charge in [0.2, 0.25) is 0 Å². The molecule has 0 bridgehead atoms. The van der Waals surface area contributed by atoms with E-state index >= 15 is 0 Å². The Hall–Kier alpha value is -1.02. The normalized spacial score (nSPS) is 24.2. The van der Waals surface area contributed by atoms with E-state index in [0.717, 1.165) is 18.6 Å². The highest BCUT2D eigenvalue weighted by molar-refractivity contribution is 5.35. The van der Waals surface area contributed by atoms with E-state index in [4.69, 9.17) is 4.74 Å². The number of hydrogen-bond acceptors (Lipinski definition) is 2. The molecular weight excluding hydrogens is 198 g/mol. The molecule has 88 valence electrons. The summed E-state index contributed by atoms with van der Waals surface area (Å²) >= 11 is 0. The maximum absolute atomic E-state index is 6.03. The number of ether oxygens (including phenoxy) is 1. The van der Waals surface area contributed by atoms with Crippen molar-refractivity contribution in [3.05, 3.63) is 29.8 Å². The summed E-state index contributed by atoms with van der Waals surface area (Å²) in [5, 5.41) is 3.27. The molecule has 0 atom stereocenters. The third-order valence-electron chi connectivity index (χ3n) is 3.34. The van der Waals surface area contributed by atoms with Gasteiger partial charge in [0.15, 0.2) is 0 Å². The van der Waals surface area contributed by atoms with Gasteiger partial charge in [0.05, 0.1) is 0 Å². The summed E-state index contributed by atoms with van der Waals surface area (Å²) in [6, 6.07) is 9.03. The minimum absolute atomic E-state index is 0.400. The Bertz CT molecular complexity index is 342. The Balaban J connectivity index is 1.99. The zero-order chi connectivity index (χ0) is 11.5. The minimum atomic E-state index is 0.400. The molecule has 0 spiro atoms. The van der Waals surface area contributed by atoms with Crippen molar-refractivity contribution < 1.29 is 4.74 Å². The fourth-order valence-corrected chi connectivity index (χ4v) is 2.14. The maximum atomic E-state index is 6.03. The van der Waals surface area contributed by atoms with Crippen molar-refractivity contribution >= 4 is 0 Å². The summed E-state index contributed by atoms with van der Waals surface area (Å²) in [7, 11) is 2.02. The van der Waals surface area contributed by atoms with Crippen molar-refractivity contribution in [3.8, 4) is 5.75 Å². The van der Waals surface area contributed by atoms with E-state index in [1.165, 1.54) is 5.56 Å². The van der Waals surface area contributed by atoms with Gasteiger partial charge in [0.25, 0.3) is 0 Å². The van der Waals surface area contributed by atoms with E-state index in [2.05, 4.69) is 43.4 Å². The molecule has 1 aromatic carbocycles. The molecule has 2 rings (SSSR count). The third kappa shape index (κ3) is 2.38. The van der Waals surface area contributed by atoms with Gasteiger partial charge in [-0.3, -0.25) is 0 Å². The Morgan fingerprint density at radius 3 is 2.56 bits per heavy atom. The van der Waals surface area contributed by atoms with Crippen molar-refractivity contribution in [1.29, 1.82) is 0 Å². The quantitative estimate of drug-likeness (QED) is 0.840. The van der Waals surface area contributed by atoms with Crippen LogP contribution in [0.15, 0.2) is 24.3 Å². The Labute approximate surface area is 98.0 Å². The van der Waals surface area contributed by atoms with E-state index in [9.17, 15) is 0 Å². The second-order valence-corrected chi connectivity index (χ2v) is 4.89. The SMILES string of the molecule is CNC1CC(Oc2ccccc2C(C)C)C1. The van der Waals surface area contributed by atoms with E-state index in [0.29, 0.717) is 18.1 Å². The highest BCUT2D eigenvalue weighted by Crippen LogP contribution is 2.31. The molecule has 1 aromatic rings. The van der Waals surface area contributed by atoms with Crippen molar-refractivity contribution in [2.24, 2.45) is 0 Å². The zero-order valence-corrected chi connectivity index (χ0v) is 10.4. The van der Waals surface area contributed by atoms with E-state index in [-0.39, 0.29) is 0 Å². The van der Waals surface area contributed by atoms with Gasteiger partial charge in [0.1, 0.15) is 11.9 Å². The molecule has 0 aromatic heterocycles. The standard InChI is InChI=1S/C14H21NO/c1-10(2)13-6-4-5-7-14(13)16-12-8-11(9-12)15-3/h4-7,10-12,15H,8-9H2,1-3H3. The molecule has 1 saturated carbocycles. The second-order valence-electron chi connectivity index (χ2n) is 4.89. The Kier molecular flexibility index (Phi) is 3.49. The van der Waals surface area contributed by atoms with Gasteiger partial charge in [-0.2, -0.15) is 0 Å². The number of rotatable bonds is 4. The number of hydrogen-bond donors (Lipinski definition) is 1. The van der Waals surface area contributed by atoms with Crippen LogP contribution in [-0.4, -0.2) is 19.2 Å². The highest BCUT2D eigenvalue weighted by atomic mass is 16.5. The molecule has 0 heterocycles. The van der Waals surface area contributed by atoms with E-state index in [1.807, 2.05) is 7.05 Å². The molecule has 1 fully saturated rings. The first-order chi connectivity index (χ1) is 7.70. The van der Waals surface area contributed by atoms with Crippen LogP contribution >= 0.6 is 0 Å². The first-order valence-electron chi connectivity index (χ1n) is 6.13. The first kappa shape index (κ1) is 11.5. The van der Waals surface area contributed by atoms with E-state index in [1.54, 1.807) is 0 Å². The minimum Gasteiger partial charge on any atom is -0.490 e. The lowest BCUT2D eigenvalue weighted by atomic mass is 9.89. The molecule has 0 aliphatic heterocycles. The van der Waals surface area contributed by atoms with Crippen LogP contribution in [0.5, 0.6) is 5.75 Å². The maximum Gasteiger partial charge on any atom is 0.123 e. The van der Waals surface area contributed by atoms with Crippen LogP contribution < -0.4 is 10.1 Å². The summed E-state index contributed by atoms with van der Waals surface area (Å²) in [6.45, 7) is 4.42. The summed E-state index contributed by atoms with van der Waals surface area (Å²) in [5.41, 5.74) is 1.32. The summed E-state index contributed by atoms with van der Waals surface area (Å²) in [6.07, 6.45) is 2.66. The zero-order valence-electron chi connectivity index (χ0n) is 10.4. The number of para-hydroxylation sites is 1. The summed E-state index contributed by atoms with van der Waals surface area (Å²) in [4.78, 5) is 0. The molecule has 0 radical (unpaired) electrons. The lowest BCUT2D eigenvalue weighted by molar-refractivity contribution is 0.0872. The third-order valence-corrected chi connectivity index (χ3v) is 3.34. The van der Waals surface area contributed by atoms with Gasteiger partial charge in [-0.1, -0.05) is 32.0 Å². The average molecular weight is 219 g/mol. The smallest absolute Gasteiger partial charge is 0.123 e. The molecule has 0 saturated heterocycles. The van der Waals surface area contributed by atoms with Crippen LogP contribution in [0.3, 0.4) is 0 Å². The molecule has 2 nitrogen and oxygen atoms in total. The predicted octanol–water partition coefficient (Wildman–Crippen LogP) is 2.94. The highest BCUT2D eigenvalue weighted by Gasteiger charge is 2.29. The topological polar surface area (TPSA) is 21.3 Å².